The van der Waals surface area contributed by atoms with Gasteiger partial charge in [-0.3, -0.25) is 66.9 Å². The van der Waals surface area contributed by atoms with Gasteiger partial charge >= 0.3 is 19.7 Å². The molecule has 0 radical (unpaired) electrons. The van der Waals surface area contributed by atoms with Gasteiger partial charge < -0.3 is 44.7 Å². The number of anilines is 2. The van der Waals surface area contributed by atoms with Gasteiger partial charge in [-0.2, -0.15) is 4.98 Å². The fourth-order valence-corrected chi connectivity index (χ4v) is 13.2. The lowest BCUT2D eigenvalue weighted by atomic mass is 9.88. The van der Waals surface area contributed by atoms with Crippen molar-refractivity contribution in [1.82, 2.24) is 49.9 Å². The van der Waals surface area contributed by atoms with Gasteiger partial charge in [0.15, 0.2) is 17.4 Å². The number of fused-ring (bicyclic) bond motifs is 4. The summed E-state index contributed by atoms with van der Waals surface area (Å²) in [7, 11) is 1.49. The molecule has 4 aliphatic rings. The van der Waals surface area contributed by atoms with Gasteiger partial charge in [0.1, 0.15) is 49.4 Å². The number of thiol groups is 2. The highest BCUT2D eigenvalue weighted by atomic mass is 32.7. The molecular weight excluding hydrogens is 1220 g/mol. The second kappa shape index (κ2) is 28.7. The highest BCUT2D eigenvalue weighted by Crippen LogP contribution is 2.60. The molecule has 4 aromatic rings. The Hall–Kier alpha value is -6.60. The lowest BCUT2D eigenvalue weighted by Gasteiger charge is -2.29. The molecule has 1 saturated carbocycles. The molecule has 3 aromatic heterocycles. The highest BCUT2D eigenvalue weighted by molar-refractivity contribution is 8.44. The smallest absolute Gasteiger partial charge is 0.409 e. The molecule has 1 aromatic carbocycles. The number of imidazole rings is 1. The third-order valence-electron chi connectivity index (χ3n) is 14.5. The molecule has 6 heterocycles. The van der Waals surface area contributed by atoms with Crippen molar-refractivity contribution in [3.63, 3.8) is 0 Å². The Morgan fingerprint density at radius 3 is 2.30 bits per heavy atom. The van der Waals surface area contributed by atoms with E-state index >= 15 is 0 Å². The number of nitrogens with zero attached hydrogens (tertiary/aromatic N) is 7. The minimum Gasteiger partial charge on any atom is -0.474 e. The molecule has 2 bridgehead atoms. The van der Waals surface area contributed by atoms with Crippen LogP contribution in [-0.2, 0) is 72.1 Å². The zero-order chi connectivity index (χ0) is 63.0. The zero-order valence-electron chi connectivity index (χ0n) is 48.3. The lowest BCUT2D eigenvalue weighted by molar-refractivity contribution is -0.137. The normalized spacial score (nSPS) is 25.6. The monoisotopic (exact) mass is 1290 g/mol. The average Bonchev–Trinajstić information content (AvgIpc) is 1.76. The number of carbonyl (C=O) groups excluding carboxylic acids is 7. The number of nitrogens with one attached hydrogen (secondary N) is 5. The van der Waals surface area contributed by atoms with E-state index in [1.807, 2.05) is 0 Å². The fourth-order valence-electron chi connectivity index (χ4n) is 10.2. The van der Waals surface area contributed by atoms with Crippen LogP contribution >= 0.6 is 38.1 Å². The third kappa shape index (κ3) is 18.0. The van der Waals surface area contributed by atoms with E-state index < -0.39 is 110 Å². The number of benzene rings is 1. The Morgan fingerprint density at radius 1 is 0.885 bits per heavy atom. The first-order chi connectivity index (χ1) is 41.1. The maximum atomic E-state index is 13.9. The molecular formula is C53H70N12O18P2S2. The summed E-state index contributed by atoms with van der Waals surface area (Å²) in [6.45, 7) is -0.739. The van der Waals surface area contributed by atoms with Gasteiger partial charge in [-0.25, -0.2) is 28.9 Å². The number of unbranched alkanes of at least 4 members (excludes halogenated alkanes) is 2. The Bertz CT molecular complexity index is 3360. The highest BCUT2D eigenvalue weighted by Gasteiger charge is 2.51. The number of imide groups is 1. The predicted octanol–water partition coefficient (Wildman–Crippen LogP) is 4.61. The Morgan fingerprint density at radius 2 is 1.60 bits per heavy atom. The topological polar surface area (TPSA) is 382 Å². The molecule has 7 amide bonds. The van der Waals surface area contributed by atoms with Gasteiger partial charge in [0.05, 0.1) is 25.6 Å². The SMILES string of the molecule is CC(C)[C@H](NC(=O)CCCCCN1C(=O)C=CC1=O)C(=O)N[C@@H](C)C(=O)Nc1ccc(COC(=O)N(C)CC(C)(C)CC(=O)Nc2nc3c(ncn3[C@@H]3O[C@@H]4CO[P@@](=O)(S)O[C@H]5C[C@H](Oc6ccncn6)C[C@@H]5COP(=O)(S)O[C@@H]3[C@@H]4O)c(=O)[nH]2)cc1. The van der Waals surface area contributed by atoms with Crippen LogP contribution in [0.5, 0.6) is 5.88 Å². The van der Waals surface area contributed by atoms with Crippen LogP contribution in [0.2, 0.25) is 0 Å². The summed E-state index contributed by atoms with van der Waals surface area (Å²) < 4.78 is 69.5. The number of rotatable bonds is 22. The molecule has 6 N–H and O–H groups in total. The number of amides is 7. The van der Waals surface area contributed by atoms with Crippen molar-refractivity contribution in [3.05, 3.63) is 77.3 Å². The van der Waals surface area contributed by atoms with Crippen LogP contribution in [0.25, 0.3) is 11.2 Å². The molecule has 3 aliphatic heterocycles. The third-order valence-corrected chi connectivity index (χ3v) is 17.7. The van der Waals surface area contributed by atoms with Crippen LogP contribution in [-0.4, -0.2) is 162 Å². The van der Waals surface area contributed by atoms with Crippen LogP contribution in [0.4, 0.5) is 16.4 Å². The van der Waals surface area contributed by atoms with E-state index in [2.05, 4.69) is 70.7 Å². The Kier molecular flexibility index (Phi) is 21.9. The van der Waals surface area contributed by atoms with Crippen molar-refractivity contribution in [1.29, 1.82) is 0 Å². The summed E-state index contributed by atoms with van der Waals surface area (Å²) in [5.74, 6) is -3.63. The van der Waals surface area contributed by atoms with Gasteiger partial charge in [0.2, 0.25) is 35.5 Å². The van der Waals surface area contributed by atoms with E-state index in [-0.39, 0.29) is 92.7 Å². The average molecular weight is 1290 g/mol. The van der Waals surface area contributed by atoms with Crippen LogP contribution in [0.15, 0.2) is 66.1 Å². The number of aliphatic hydroxyl groups is 1. The summed E-state index contributed by atoms with van der Waals surface area (Å²) in [6.07, 6.45) is 0.500. The molecule has 1 unspecified atom stereocenters. The maximum Gasteiger partial charge on any atom is 0.409 e. The van der Waals surface area contributed by atoms with E-state index in [4.69, 9.17) is 32.3 Å². The Balaban J connectivity index is 0.795. The van der Waals surface area contributed by atoms with Gasteiger partial charge in [-0.15, -0.1) is 0 Å². The van der Waals surface area contributed by atoms with Crippen molar-refractivity contribution < 1.29 is 80.1 Å². The van der Waals surface area contributed by atoms with Crippen molar-refractivity contribution in [2.45, 2.75) is 135 Å². The van der Waals surface area contributed by atoms with Crippen LogP contribution in [0, 0.1) is 17.3 Å². The van der Waals surface area contributed by atoms with E-state index in [1.165, 1.54) is 48.1 Å². The van der Waals surface area contributed by atoms with Gasteiger partial charge in [0.25, 0.3) is 17.4 Å². The number of ether oxygens (including phenoxy) is 3. The first-order valence-electron chi connectivity index (χ1n) is 27.9. The summed E-state index contributed by atoms with van der Waals surface area (Å²) >= 11 is 8.41. The molecule has 11 atom stereocenters. The molecule has 0 spiro atoms. The molecule has 8 rings (SSSR count). The van der Waals surface area contributed by atoms with E-state index in [0.29, 0.717) is 36.4 Å². The zero-order valence-corrected chi connectivity index (χ0v) is 51.9. The van der Waals surface area contributed by atoms with Gasteiger partial charge in [-0.1, -0.05) is 70.7 Å². The standard InChI is InChI=1S/C53H70N12O18P2S2/c1-29(2)42(59-37(66)10-8-7-9-19-64-40(68)15-16-41(64)69)48(72)57-30(3)47(71)58-33-13-11-31(12-14-33)23-77-52(74)63(6)26-53(4,5)22-38(67)60-51-61-46-43(49(73)62-51)56-28-65(46)50-45-44(70)36(81-50)25-79-84(75,86)82-35-21-34(80-39-17-18-54-27-55-39)20-32(35)24-78-85(76,87)83-45/h11-18,27-30,32,34-36,42,44-45,50,70H,7-10,19-26H2,1-6H3,(H,57,72)(H,58,71)(H,59,66)(H,75,86)(H,76,87)(H2,60,61,62,67,73)/t30-,32+,34+,35-,36+,42-,44+,45+,50+,84+,85?/m0/s1. The van der Waals surface area contributed by atoms with Gasteiger partial charge in [0, 0.05) is 75.4 Å². The number of hydrogen-bond acceptors (Lipinski definition) is 22. The Labute approximate surface area is 509 Å². The molecule has 30 nitrogen and oxygen atoms in total. The molecule has 3 fully saturated rings. The first-order valence-corrected chi connectivity index (χ1v) is 33.3. The summed E-state index contributed by atoms with van der Waals surface area (Å²) in [4.78, 5) is 124. The van der Waals surface area contributed by atoms with E-state index in [9.17, 15) is 52.6 Å². The number of hydrogen-bond donors (Lipinski definition) is 8. The number of H-pyrrole nitrogens is 1. The summed E-state index contributed by atoms with van der Waals surface area (Å²) in [6, 6.07) is 6.12. The molecule has 472 valence electrons. The minimum absolute atomic E-state index is 0.0352. The first kappa shape index (κ1) is 66.4. The number of aromatic nitrogens is 6. The van der Waals surface area contributed by atoms with Crippen molar-refractivity contribution in [2.75, 3.05) is 44.0 Å². The summed E-state index contributed by atoms with van der Waals surface area (Å²) in [5.41, 5.74) is -1.05. The number of aliphatic hydroxyl groups excluding tert-OH is 1. The van der Waals surface area contributed by atoms with E-state index in [1.54, 1.807) is 58.0 Å². The van der Waals surface area contributed by atoms with Crippen molar-refractivity contribution in [3.8, 4) is 5.88 Å². The number of carbonyl (C=O) groups is 7. The van der Waals surface area contributed by atoms with Gasteiger partial charge in [-0.05, 0) is 55.2 Å². The van der Waals surface area contributed by atoms with Crippen LogP contribution in [0.3, 0.4) is 0 Å². The quantitative estimate of drug-likeness (QED) is 0.0230. The van der Waals surface area contributed by atoms with Crippen molar-refractivity contribution >= 4 is 102 Å². The largest absolute Gasteiger partial charge is 0.474 e. The molecule has 2 saturated heterocycles. The minimum atomic E-state index is -4.36. The number of aromatic amines is 1. The predicted molar refractivity (Wildman–Crippen MR) is 316 cm³/mol. The second-order valence-corrected chi connectivity index (χ2v) is 28.3. The van der Waals surface area contributed by atoms with Crippen LogP contribution < -0.4 is 31.6 Å². The maximum absolute atomic E-state index is 13.9. The van der Waals surface area contributed by atoms with E-state index in [0.717, 1.165) is 11.2 Å². The van der Waals surface area contributed by atoms with Crippen LogP contribution in [0.1, 0.15) is 91.4 Å². The van der Waals surface area contributed by atoms with Crippen molar-refractivity contribution in [2.24, 2.45) is 17.3 Å². The summed E-state index contributed by atoms with van der Waals surface area (Å²) in [5, 5.41) is 22.2. The molecule has 1 aliphatic carbocycles. The lowest BCUT2D eigenvalue weighted by Crippen LogP contribution is -2.53. The second-order valence-electron chi connectivity index (χ2n) is 22.5. The molecule has 87 heavy (non-hydrogen) atoms. The molecule has 34 heteroatoms. The fraction of sp³-hybridized carbons (Fsp3) is 0.547.